The number of carbonyl (C=O) groups excluding carboxylic acids is 1. The summed E-state index contributed by atoms with van der Waals surface area (Å²) in [6.07, 6.45) is 0. The largest absolute Gasteiger partial charge is 0.497 e. The fourth-order valence-electron chi connectivity index (χ4n) is 3.27. The van der Waals surface area contributed by atoms with Crippen molar-refractivity contribution in [2.45, 2.75) is 18.4 Å². The Hall–Kier alpha value is -3.14. The van der Waals surface area contributed by atoms with Crippen molar-refractivity contribution in [3.8, 4) is 5.75 Å². The second-order valence-electron chi connectivity index (χ2n) is 7.02. The van der Waals surface area contributed by atoms with Gasteiger partial charge >= 0.3 is 0 Å². The van der Waals surface area contributed by atoms with Crippen LogP contribution in [-0.4, -0.2) is 26.0 Å². The van der Waals surface area contributed by atoms with Crippen molar-refractivity contribution in [2.24, 2.45) is 4.99 Å². The van der Waals surface area contributed by atoms with Gasteiger partial charge in [-0.25, -0.2) is 8.42 Å². The molecule has 7 nitrogen and oxygen atoms in total. The predicted octanol–water partition coefficient (Wildman–Crippen LogP) is 4.93. The topological polar surface area (TPSA) is 89.8 Å². The Bertz CT molecular complexity index is 1510. The maximum atomic E-state index is 12.9. The summed E-state index contributed by atoms with van der Waals surface area (Å²) in [5.41, 5.74) is 1.47. The van der Waals surface area contributed by atoms with Gasteiger partial charge in [0.1, 0.15) is 5.75 Å². The highest BCUT2D eigenvalue weighted by Crippen LogP contribution is 2.23. The number of nitrogens with zero attached hydrogens (tertiary/aromatic N) is 2. The Balaban J connectivity index is 1.64. The molecule has 0 unspecified atom stereocenters. The van der Waals surface area contributed by atoms with Crippen molar-refractivity contribution in [3.05, 3.63) is 82.1 Å². The van der Waals surface area contributed by atoms with E-state index in [-0.39, 0.29) is 16.1 Å². The first-order valence-electron chi connectivity index (χ1n) is 9.95. The lowest BCUT2D eigenvalue weighted by Gasteiger charge is -2.09. The van der Waals surface area contributed by atoms with Crippen LogP contribution >= 0.6 is 22.9 Å². The summed E-state index contributed by atoms with van der Waals surface area (Å²) in [5, 5.41) is 0.613. The molecular formula is C23H20ClN3O4S2. The van der Waals surface area contributed by atoms with E-state index in [1.807, 2.05) is 23.6 Å². The van der Waals surface area contributed by atoms with E-state index < -0.39 is 15.9 Å². The molecule has 1 heterocycles. The highest BCUT2D eigenvalue weighted by molar-refractivity contribution is 7.92. The van der Waals surface area contributed by atoms with Crippen LogP contribution in [0.4, 0.5) is 5.69 Å². The summed E-state index contributed by atoms with van der Waals surface area (Å²) in [6.45, 7) is 2.61. The molecule has 4 aromatic rings. The minimum atomic E-state index is -3.83. The van der Waals surface area contributed by atoms with Gasteiger partial charge in [0.05, 0.1) is 22.2 Å². The van der Waals surface area contributed by atoms with Crippen molar-refractivity contribution in [3.63, 3.8) is 0 Å². The molecule has 0 aliphatic carbocycles. The number of thiazole rings is 1. The third-order valence-electron chi connectivity index (χ3n) is 4.89. The monoisotopic (exact) mass is 501 g/mol. The van der Waals surface area contributed by atoms with E-state index >= 15 is 0 Å². The van der Waals surface area contributed by atoms with E-state index in [2.05, 4.69) is 9.71 Å². The fraction of sp³-hybridized carbons (Fsp3) is 0.130. The lowest BCUT2D eigenvalue weighted by atomic mass is 10.2. The molecule has 0 aliphatic heterocycles. The maximum Gasteiger partial charge on any atom is 0.279 e. The van der Waals surface area contributed by atoms with Crippen LogP contribution in [-0.2, 0) is 16.6 Å². The first-order chi connectivity index (χ1) is 15.8. The van der Waals surface area contributed by atoms with E-state index in [0.29, 0.717) is 22.1 Å². The molecule has 33 heavy (non-hydrogen) atoms. The van der Waals surface area contributed by atoms with Crippen molar-refractivity contribution < 1.29 is 17.9 Å². The Morgan fingerprint density at radius 1 is 1.12 bits per heavy atom. The molecule has 0 bridgehead atoms. The Kier molecular flexibility index (Phi) is 6.55. The van der Waals surface area contributed by atoms with E-state index in [1.165, 1.54) is 36.6 Å². The van der Waals surface area contributed by atoms with Crippen LogP contribution < -0.4 is 14.3 Å². The molecule has 0 atom stereocenters. The molecule has 10 heteroatoms. The maximum absolute atomic E-state index is 12.9. The predicted molar refractivity (Wildman–Crippen MR) is 131 cm³/mol. The van der Waals surface area contributed by atoms with E-state index in [1.54, 1.807) is 36.4 Å². The number of nitrogens with one attached hydrogen (secondary N) is 1. The lowest BCUT2D eigenvalue weighted by molar-refractivity contribution is 0.0998. The molecule has 1 N–H and O–H groups in total. The summed E-state index contributed by atoms with van der Waals surface area (Å²) in [5.74, 6) is 0.0799. The number of rotatable bonds is 6. The van der Waals surface area contributed by atoms with Gasteiger partial charge in [-0.3, -0.25) is 9.52 Å². The molecule has 0 saturated heterocycles. The number of amides is 1. The number of ether oxygens (including phenoxy) is 1. The molecule has 170 valence electrons. The van der Waals surface area contributed by atoms with Crippen LogP contribution in [0, 0.1) is 0 Å². The van der Waals surface area contributed by atoms with E-state index in [4.69, 9.17) is 16.3 Å². The molecule has 0 saturated carbocycles. The Morgan fingerprint density at radius 2 is 1.88 bits per heavy atom. The van der Waals surface area contributed by atoms with Crippen molar-refractivity contribution in [1.82, 2.24) is 4.57 Å². The van der Waals surface area contributed by atoms with Crippen LogP contribution in [0.15, 0.2) is 76.6 Å². The zero-order chi connectivity index (χ0) is 23.6. The van der Waals surface area contributed by atoms with Gasteiger partial charge in [0.2, 0.25) is 0 Å². The van der Waals surface area contributed by atoms with Gasteiger partial charge in [0, 0.05) is 22.8 Å². The SMILES string of the molecule is CCn1c(=NC(=O)c2cccc(NS(=O)(=O)c3ccc(OC)cc3)c2)sc2cc(Cl)ccc21. The van der Waals surface area contributed by atoms with Crippen LogP contribution in [0.2, 0.25) is 5.02 Å². The van der Waals surface area contributed by atoms with Gasteiger partial charge in [-0.05, 0) is 67.6 Å². The van der Waals surface area contributed by atoms with Crippen LogP contribution in [0.25, 0.3) is 10.2 Å². The van der Waals surface area contributed by atoms with E-state index in [9.17, 15) is 13.2 Å². The van der Waals surface area contributed by atoms with Crippen LogP contribution in [0.1, 0.15) is 17.3 Å². The molecule has 1 amide bonds. The van der Waals surface area contributed by atoms with Gasteiger partial charge in [0.25, 0.3) is 15.9 Å². The number of carbonyl (C=O) groups is 1. The second-order valence-corrected chi connectivity index (χ2v) is 10.1. The molecule has 0 radical (unpaired) electrons. The van der Waals surface area contributed by atoms with Gasteiger partial charge in [-0.2, -0.15) is 4.99 Å². The van der Waals surface area contributed by atoms with E-state index in [0.717, 1.165) is 10.2 Å². The summed E-state index contributed by atoms with van der Waals surface area (Å²) >= 11 is 7.46. The average Bonchev–Trinajstić information content (AvgIpc) is 3.14. The second kappa shape index (κ2) is 9.38. The third-order valence-corrected chi connectivity index (χ3v) is 7.56. The van der Waals surface area contributed by atoms with Crippen LogP contribution in [0.3, 0.4) is 0 Å². The lowest BCUT2D eigenvalue weighted by Crippen LogP contribution is -2.16. The fourth-order valence-corrected chi connectivity index (χ4v) is 5.69. The number of anilines is 1. The number of sulfonamides is 1. The molecule has 1 aromatic heterocycles. The zero-order valence-corrected chi connectivity index (χ0v) is 20.2. The highest BCUT2D eigenvalue weighted by Gasteiger charge is 2.16. The molecule has 0 spiro atoms. The quantitative estimate of drug-likeness (QED) is 0.406. The van der Waals surface area contributed by atoms with Crippen molar-refractivity contribution >= 4 is 54.8 Å². The van der Waals surface area contributed by atoms with Gasteiger partial charge in [-0.15, -0.1) is 0 Å². The number of halogens is 1. The highest BCUT2D eigenvalue weighted by atomic mass is 35.5. The number of methoxy groups -OCH3 is 1. The minimum Gasteiger partial charge on any atom is -0.497 e. The zero-order valence-electron chi connectivity index (χ0n) is 17.8. The normalized spacial score (nSPS) is 12.2. The smallest absolute Gasteiger partial charge is 0.279 e. The molecular weight excluding hydrogens is 482 g/mol. The summed E-state index contributed by atoms with van der Waals surface area (Å²) in [7, 11) is -2.33. The van der Waals surface area contributed by atoms with Crippen molar-refractivity contribution in [1.29, 1.82) is 0 Å². The molecule has 4 rings (SSSR count). The van der Waals surface area contributed by atoms with Crippen molar-refractivity contribution in [2.75, 3.05) is 11.8 Å². The number of aromatic nitrogens is 1. The summed E-state index contributed by atoms with van der Waals surface area (Å²) in [4.78, 5) is 17.8. The first-order valence-corrected chi connectivity index (χ1v) is 12.6. The molecule has 0 fully saturated rings. The summed E-state index contributed by atoms with van der Waals surface area (Å²) in [6, 6.07) is 17.8. The third kappa shape index (κ3) is 4.95. The van der Waals surface area contributed by atoms with Gasteiger partial charge < -0.3 is 9.30 Å². The van der Waals surface area contributed by atoms with Gasteiger partial charge in [0.15, 0.2) is 4.80 Å². The number of aryl methyl sites for hydroxylation is 1. The number of hydrogen-bond acceptors (Lipinski definition) is 5. The molecule has 3 aromatic carbocycles. The number of fused-ring (bicyclic) bond motifs is 1. The summed E-state index contributed by atoms with van der Waals surface area (Å²) < 4.78 is 35.8. The number of hydrogen-bond donors (Lipinski definition) is 1. The number of benzene rings is 3. The van der Waals surface area contributed by atoms with Crippen LogP contribution in [0.5, 0.6) is 5.75 Å². The average molecular weight is 502 g/mol. The first kappa shape index (κ1) is 23.0. The minimum absolute atomic E-state index is 0.0811. The Morgan fingerprint density at radius 3 is 2.58 bits per heavy atom. The Labute approximate surface area is 200 Å². The van der Waals surface area contributed by atoms with Gasteiger partial charge in [-0.1, -0.05) is 29.0 Å². The standard InChI is InChI=1S/C23H20ClN3O4S2/c1-3-27-20-12-7-16(24)14-21(20)32-23(27)25-22(28)15-5-4-6-17(13-15)26-33(29,30)19-10-8-18(31-2)9-11-19/h4-14,26H,3H2,1-2H3. The molecule has 0 aliphatic rings.